The Kier molecular flexibility index (Phi) is 3.76. The lowest BCUT2D eigenvalue weighted by Gasteiger charge is -2.22. The van der Waals surface area contributed by atoms with E-state index in [2.05, 4.69) is 5.32 Å². The van der Waals surface area contributed by atoms with Crippen molar-refractivity contribution >= 4 is 5.91 Å². The Labute approximate surface area is 111 Å². The first-order chi connectivity index (χ1) is 9.00. The van der Waals surface area contributed by atoms with Gasteiger partial charge in [-0.3, -0.25) is 4.79 Å². The van der Waals surface area contributed by atoms with Gasteiger partial charge in [-0.15, -0.1) is 0 Å². The Bertz CT molecular complexity index is 515. The van der Waals surface area contributed by atoms with Crippen LogP contribution in [0.15, 0.2) is 47.3 Å². The summed E-state index contributed by atoms with van der Waals surface area (Å²) in [5.41, 5.74) is -1.21. The number of nitrogens with one attached hydrogen (secondary N) is 1. The smallest absolute Gasteiger partial charge is 0.242 e. The summed E-state index contributed by atoms with van der Waals surface area (Å²) < 4.78 is 6.96. The monoisotopic (exact) mass is 262 g/mol. The van der Waals surface area contributed by atoms with E-state index in [0.717, 1.165) is 0 Å². The molecule has 2 aromatic heterocycles. The lowest BCUT2D eigenvalue weighted by Crippen LogP contribution is -2.40. The molecule has 0 spiro atoms. The van der Waals surface area contributed by atoms with Gasteiger partial charge in [-0.05, 0) is 38.1 Å². The topological polar surface area (TPSA) is 67.4 Å². The van der Waals surface area contributed by atoms with Crippen LogP contribution < -0.4 is 5.32 Å². The van der Waals surface area contributed by atoms with Crippen LogP contribution in [0, 0.1) is 0 Å². The number of rotatable bonds is 5. The van der Waals surface area contributed by atoms with Crippen molar-refractivity contribution in [1.29, 1.82) is 0 Å². The fourth-order valence-corrected chi connectivity index (χ4v) is 1.82. The quantitative estimate of drug-likeness (QED) is 0.861. The Hall–Kier alpha value is -2.01. The highest BCUT2D eigenvalue weighted by Crippen LogP contribution is 2.20. The zero-order valence-corrected chi connectivity index (χ0v) is 11.0. The molecule has 1 amide bonds. The summed E-state index contributed by atoms with van der Waals surface area (Å²) in [6, 6.07) is 6.80. The van der Waals surface area contributed by atoms with Gasteiger partial charge in [-0.1, -0.05) is 0 Å². The van der Waals surface area contributed by atoms with Crippen molar-refractivity contribution < 1.29 is 14.3 Å². The van der Waals surface area contributed by atoms with Crippen LogP contribution in [0.2, 0.25) is 0 Å². The van der Waals surface area contributed by atoms with Gasteiger partial charge in [0.1, 0.15) is 17.4 Å². The number of nitrogens with zero attached hydrogens (tertiary/aromatic N) is 1. The number of aliphatic hydroxyl groups is 1. The largest absolute Gasteiger partial charge is 0.466 e. The molecule has 0 saturated heterocycles. The summed E-state index contributed by atoms with van der Waals surface area (Å²) in [7, 11) is 0. The molecule has 0 aliphatic heterocycles. The maximum absolute atomic E-state index is 12.0. The molecule has 2 aromatic rings. The fraction of sp³-hybridized carbons (Fsp3) is 0.357. The predicted octanol–water partition coefficient (Wildman–Crippen LogP) is 1.67. The lowest BCUT2D eigenvalue weighted by molar-refractivity contribution is -0.125. The minimum atomic E-state index is -1.21. The van der Waals surface area contributed by atoms with Crippen molar-refractivity contribution in [3.63, 3.8) is 0 Å². The Morgan fingerprint density at radius 1 is 1.47 bits per heavy atom. The van der Waals surface area contributed by atoms with Gasteiger partial charge in [-0.2, -0.15) is 0 Å². The van der Waals surface area contributed by atoms with E-state index in [-0.39, 0.29) is 18.5 Å². The Morgan fingerprint density at radius 2 is 2.16 bits per heavy atom. The standard InChI is InChI=1S/C14H18N2O3/c1-11(16-7-3-4-8-16)13(17)15-10-14(2,18)12-6-5-9-19-12/h3-9,11,18H,10H2,1-2H3,(H,15,17). The first kappa shape index (κ1) is 13.4. The molecular formula is C14H18N2O3. The van der Waals surface area contributed by atoms with Crippen molar-refractivity contribution in [2.75, 3.05) is 6.54 Å². The van der Waals surface area contributed by atoms with E-state index in [0.29, 0.717) is 5.76 Å². The van der Waals surface area contributed by atoms with Crippen LogP contribution in [-0.4, -0.2) is 22.1 Å². The van der Waals surface area contributed by atoms with Gasteiger partial charge in [0, 0.05) is 12.4 Å². The van der Waals surface area contributed by atoms with Crippen molar-refractivity contribution in [2.24, 2.45) is 0 Å². The maximum Gasteiger partial charge on any atom is 0.242 e. The molecule has 0 bridgehead atoms. The van der Waals surface area contributed by atoms with Crippen LogP contribution in [0.4, 0.5) is 0 Å². The van der Waals surface area contributed by atoms with Crippen LogP contribution >= 0.6 is 0 Å². The van der Waals surface area contributed by atoms with Crippen LogP contribution in [-0.2, 0) is 10.4 Å². The third-order valence-electron chi connectivity index (χ3n) is 3.11. The average molecular weight is 262 g/mol. The van der Waals surface area contributed by atoms with Crippen LogP contribution in [0.25, 0.3) is 0 Å². The maximum atomic E-state index is 12.0. The number of hydrogen-bond donors (Lipinski definition) is 2. The second kappa shape index (κ2) is 5.32. The SMILES string of the molecule is CC(C(=O)NCC(C)(O)c1ccco1)n1cccc1. The number of furan rings is 1. The lowest BCUT2D eigenvalue weighted by atomic mass is 10.0. The predicted molar refractivity (Wildman–Crippen MR) is 70.4 cm³/mol. The van der Waals surface area contributed by atoms with Crippen molar-refractivity contribution in [3.8, 4) is 0 Å². The minimum absolute atomic E-state index is 0.102. The van der Waals surface area contributed by atoms with Gasteiger partial charge in [0.25, 0.3) is 0 Å². The second-order valence-electron chi connectivity index (χ2n) is 4.78. The van der Waals surface area contributed by atoms with Crippen LogP contribution in [0.1, 0.15) is 25.6 Å². The van der Waals surface area contributed by atoms with E-state index in [9.17, 15) is 9.90 Å². The number of amides is 1. The molecular weight excluding hydrogens is 244 g/mol. The molecule has 102 valence electrons. The average Bonchev–Trinajstić information content (AvgIpc) is 3.06. The van der Waals surface area contributed by atoms with Gasteiger partial charge in [0.05, 0.1) is 12.8 Å². The molecule has 5 nitrogen and oxygen atoms in total. The normalized spacial score (nSPS) is 15.7. The number of hydrogen-bond acceptors (Lipinski definition) is 3. The van der Waals surface area contributed by atoms with Crippen LogP contribution in [0.3, 0.4) is 0 Å². The van der Waals surface area contributed by atoms with Gasteiger partial charge in [0.15, 0.2) is 0 Å². The first-order valence-corrected chi connectivity index (χ1v) is 6.17. The van der Waals surface area contributed by atoms with Gasteiger partial charge < -0.3 is 19.4 Å². The molecule has 0 fully saturated rings. The molecule has 0 saturated carbocycles. The van der Waals surface area contributed by atoms with E-state index in [4.69, 9.17) is 4.42 Å². The van der Waals surface area contributed by atoms with Gasteiger partial charge in [-0.25, -0.2) is 0 Å². The van der Waals surface area contributed by atoms with Crippen molar-refractivity contribution in [2.45, 2.75) is 25.5 Å². The zero-order chi connectivity index (χ0) is 13.9. The highest BCUT2D eigenvalue weighted by atomic mass is 16.4. The molecule has 2 atom stereocenters. The van der Waals surface area contributed by atoms with E-state index < -0.39 is 5.60 Å². The number of carbonyl (C=O) groups is 1. The summed E-state index contributed by atoms with van der Waals surface area (Å²) in [5.74, 6) is 0.282. The van der Waals surface area contributed by atoms with E-state index in [1.807, 2.05) is 24.5 Å². The molecule has 2 N–H and O–H groups in total. The molecule has 5 heteroatoms. The van der Waals surface area contributed by atoms with Gasteiger partial charge in [0.2, 0.25) is 5.91 Å². The zero-order valence-electron chi connectivity index (χ0n) is 11.0. The molecule has 0 aromatic carbocycles. The van der Waals surface area contributed by atoms with Gasteiger partial charge >= 0.3 is 0 Å². The molecule has 2 heterocycles. The minimum Gasteiger partial charge on any atom is -0.466 e. The Morgan fingerprint density at radius 3 is 2.74 bits per heavy atom. The second-order valence-corrected chi connectivity index (χ2v) is 4.78. The van der Waals surface area contributed by atoms with E-state index in [1.54, 1.807) is 30.5 Å². The highest BCUT2D eigenvalue weighted by molar-refractivity contribution is 5.79. The van der Waals surface area contributed by atoms with E-state index >= 15 is 0 Å². The summed E-state index contributed by atoms with van der Waals surface area (Å²) in [5, 5.41) is 13.0. The summed E-state index contributed by atoms with van der Waals surface area (Å²) in [6.07, 6.45) is 5.15. The third kappa shape index (κ3) is 3.06. The molecule has 0 aliphatic rings. The number of carbonyl (C=O) groups excluding carboxylic acids is 1. The molecule has 0 radical (unpaired) electrons. The molecule has 2 unspecified atom stereocenters. The van der Waals surface area contributed by atoms with Crippen LogP contribution in [0.5, 0.6) is 0 Å². The molecule has 0 aliphatic carbocycles. The highest BCUT2D eigenvalue weighted by Gasteiger charge is 2.27. The molecule has 2 rings (SSSR count). The summed E-state index contributed by atoms with van der Waals surface area (Å²) in [6.45, 7) is 3.51. The van der Waals surface area contributed by atoms with E-state index in [1.165, 1.54) is 6.26 Å². The number of aromatic nitrogens is 1. The fourth-order valence-electron chi connectivity index (χ4n) is 1.82. The summed E-state index contributed by atoms with van der Waals surface area (Å²) >= 11 is 0. The van der Waals surface area contributed by atoms with Crippen molar-refractivity contribution in [3.05, 3.63) is 48.7 Å². The van der Waals surface area contributed by atoms with Crippen molar-refractivity contribution in [1.82, 2.24) is 9.88 Å². The first-order valence-electron chi connectivity index (χ1n) is 6.17. The third-order valence-corrected chi connectivity index (χ3v) is 3.11. The Balaban J connectivity index is 1.94. The molecule has 19 heavy (non-hydrogen) atoms. The summed E-state index contributed by atoms with van der Waals surface area (Å²) in [4.78, 5) is 12.0.